The van der Waals surface area contributed by atoms with Gasteiger partial charge in [-0.3, -0.25) is 4.79 Å². The second-order valence-electron chi connectivity index (χ2n) is 10.2. The lowest BCUT2D eigenvalue weighted by molar-refractivity contribution is -0.945. The molecule has 0 spiro atoms. The van der Waals surface area contributed by atoms with Gasteiger partial charge in [-0.2, -0.15) is 0 Å². The molecule has 3 heterocycles. The van der Waals surface area contributed by atoms with Gasteiger partial charge in [0, 0.05) is 24.3 Å². The maximum Gasteiger partial charge on any atom is 0.348 e. The van der Waals surface area contributed by atoms with E-state index >= 15 is 0 Å². The molecular formula is C30H33N2O5+. The highest BCUT2D eigenvalue weighted by Crippen LogP contribution is 2.38. The minimum Gasteiger partial charge on any atom is -0.508 e. The number of piperidine rings is 3. The quantitative estimate of drug-likeness (QED) is 0.325. The summed E-state index contributed by atoms with van der Waals surface area (Å²) >= 11 is 0. The third-order valence-electron chi connectivity index (χ3n) is 7.98. The molecule has 0 radical (unpaired) electrons. The molecule has 3 fully saturated rings. The van der Waals surface area contributed by atoms with Gasteiger partial charge < -0.3 is 24.7 Å². The first-order valence-corrected chi connectivity index (χ1v) is 12.9. The molecule has 1 amide bonds. The Morgan fingerprint density at radius 2 is 1.46 bits per heavy atom. The molecule has 7 nitrogen and oxygen atoms in total. The molecule has 7 heteroatoms. The fraction of sp³-hybridized carbons (Fsp3) is 0.333. The van der Waals surface area contributed by atoms with E-state index in [2.05, 4.69) is 5.32 Å². The number of hydrogen-bond acceptors (Lipinski definition) is 5. The predicted molar refractivity (Wildman–Crippen MR) is 139 cm³/mol. The van der Waals surface area contributed by atoms with Crippen LogP contribution in [-0.2, 0) is 15.1 Å². The fourth-order valence-corrected chi connectivity index (χ4v) is 5.77. The van der Waals surface area contributed by atoms with Crippen molar-refractivity contribution in [3.8, 4) is 5.75 Å². The second-order valence-corrected chi connectivity index (χ2v) is 10.2. The zero-order valence-corrected chi connectivity index (χ0v) is 20.8. The normalized spacial score (nSPS) is 22.8. The van der Waals surface area contributed by atoms with Gasteiger partial charge in [0.05, 0.1) is 26.2 Å². The molecule has 1 atom stereocenters. The molecule has 3 aliphatic rings. The number of rotatable bonds is 8. The number of phenolic OH excluding ortho intramolecular Hbond substituents is 1. The van der Waals surface area contributed by atoms with Gasteiger partial charge in [-0.1, -0.05) is 60.7 Å². The Labute approximate surface area is 216 Å². The molecule has 0 saturated carbocycles. The van der Waals surface area contributed by atoms with Crippen LogP contribution in [0.15, 0.2) is 84.9 Å². The number of carbonyl (C=O) groups is 2. The summed E-state index contributed by atoms with van der Waals surface area (Å²) in [5.41, 5.74) is -0.429. The molecule has 0 aromatic heterocycles. The number of ether oxygens (including phenoxy) is 1. The van der Waals surface area contributed by atoms with Crippen molar-refractivity contribution in [1.29, 1.82) is 0 Å². The number of phenols is 1. The predicted octanol–water partition coefficient (Wildman–Crippen LogP) is 3.21. The van der Waals surface area contributed by atoms with Gasteiger partial charge in [0.1, 0.15) is 12.3 Å². The van der Waals surface area contributed by atoms with Crippen LogP contribution in [0.3, 0.4) is 0 Å². The number of aliphatic hydroxyl groups is 1. The lowest BCUT2D eigenvalue weighted by atomic mass is 9.82. The average Bonchev–Trinajstić information content (AvgIpc) is 2.94. The van der Waals surface area contributed by atoms with Crippen LogP contribution in [0.2, 0.25) is 0 Å². The minimum atomic E-state index is -1.89. The Kier molecular flexibility index (Phi) is 7.00. The van der Waals surface area contributed by atoms with E-state index in [9.17, 15) is 19.8 Å². The number of aromatic hydroxyl groups is 1. The Morgan fingerprint density at radius 1 is 0.892 bits per heavy atom. The molecule has 192 valence electrons. The van der Waals surface area contributed by atoms with E-state index in [4.69, 9.17) is 4.74 Å². The summed E-state index contributed by atoms with van der Waals surface area (Å²) in [5, 5.41) is 24.2. The monoisotopic (exact) mass is 501 g/mol. The van der Waals surface area contributed by atoms with E-state index in [1.165, 1.54) is 12.1 Å². The summed E-state index contributed by atoms with van der Waals surface area (Å²) in [6.07, 6.45) is 1.60. The smallest absolute Gasteiger partial charge is 0.348 e. The first-order chi connectivity index (χ1) is 17.9. The van der Waals surface area contributed by atoms with Crippen LogP contribution < -0.4 is 5.32 Å². The standard InChI is InChI=1S/C30H32N2O5/c33-26-13-11-23(12-14-26)28(34)31-17-20-32-18-15-22(16-19-32)27(21-32)37-29(35)30(36,24-7-3-1-4-8-24)25-9-5-2-6-10-25/h1-14,22,27,36H,15-21H2,(H-,31,33,34)/p+1/t22?,27-,32?/m0/s1. The molecule has 2 bridgehead atoms. The third kappa shape index (κ3) is 5.10. The van der Waals surface area contributed by atoms with Crippen LogP contribution in [0.1, 0.15) is 34.3 Å². The lowest BCUT2D eigenvalue weighted by Crippen LogP contribution is -2.66. The van der Waals surface area contributed by atoms with Gasteiger partial charge in [0.25, 0.3) is 5.91 Å². The molecular weight excluding hydrogens is 468 g/mol. The van der Waals surface area contributed by atoms with E-state index in [1.54, 1.807) is 60.7 Å². The van der Waals surface area contributed by atoms with E-state index in [0.717, 1.165) is 37.0 Å². The summed E-state index contributed by atoms with van der Waals surface area (Å²) in [5.74, 6) is -0.435. The zero-order chi connectivity index (χ0) is 25.9. The number of fused-ring (bicyclic) bond motifs is 3. The Balaban J connectivity index is 1.27. The molecule has 0 unspecified atom stereocenters. The Bertz CT molecular complexity index is 1180. The fourth-order valence-electron chi connectivity index (χ4n) is 5.77. The van der Waals surface area contributed by atoms with Gasteiger partial charge in [0.2, 0.25) is 5.60 Å². The van der Waals surface area contributed by atoms with Crippen LogP contribution in [0, 0.1) is 5.92 Å². The largest absolute Gasteiger partial charge is 0.508 e. The number of nitrogens with zero attached hydrogens (tertiary/aromatic N) is 1. The van der Waals surface area contributed by atoms with E-state index in [1.807, 2.05) is 12.1 Å². The number of hydrogen-bond donors (Lipinski definition) is 3. The van der Waals surface area contributed by atoms with Crippen molar-refractivity contribution in [3.05, 3.63) is 102 Å². The maximum atomic E-state index is 13.6. The van der Waals surface area contributed by atoms with Crippen molar-refractivity contribution in [2.45, 2.75) is 24.5 Å². The summed E-state index contributed by atoms with van der Waals surface area (Å²) < 4.78 is 6.89. The van der Waals surface area contributed by atoms with Gasteiger partial charge in [0.15, 0.2) is 6.10 Å². The zero-order valence-electron chi connectivity index (χ0n) is 20.8. The summed E-state index contributed by atoms with van der Waals surface area (Å²) in [6, 6.07) is 24.1. The van der Waals surface area contributed by atoms with Crippen LogP contribution in [0.25, 0.3) is 0 Å². The first kappa shape index (κ1) is 25.0. The van der Waals surface area contributed by atoms with Crippen LogP contribution >= 0.6 is 0 Å². The van der Waals surface area contributed by atoms with Crippen LogP contribution in [0.5, 0.6) is 5.75 Å². The summed E-state index contributed by atoms with van der Waals surface area (Å²) in [4.78, 5) is 26.1. The molecule has 3 aromatic carbocycles. The Hall–Kier alpha value is -3.68. The second kappa shape index (κ2) is 10.4. The molecule has 37 heavy (non-hydrogen) atoms. The minimum absolute atomic E-state index is 0.123. The van der Waals surface area contributed by atoms with E-state index in [-0.39, 0.29) is 23.7 Å². The maximum absolute atomic E-state index is 13.6. The highest BCUT2D eigenvalue weighted by Gasteiger charge is 2.50. The van der Waals surface area contributed by atoms with Gasteiger partial charge in [-0.15, -0.1) is 0 Å². The van der Waals surface area contributed by atoms with Crippen LogP contribution in [0.4, 0.5) is 0 Å². The lowest BCUT2D eigenvalue weighted by Gasteiger charge is -2.52. The van der Waals surface area contributed by atoms with Crippen molar-refractivity contribution in [3.63, 3.8) is 0 Å². The van der Waals surface area contributed by atoms with Crippen molar-refractivity contribution in [1.82, 2.24) is 5.32 Å². The number of esters is 1. The molecule has 3 aliphatic heterocycles. The molecule has 3 N–H and O–H groups in total. The van der Waals surface area contributed by atoms with Crippen molar-refractivity contribution in [2.75, 3.05) is 32.7 Å². The van der Waals surface area contributed by atoms with Gasteiger partial charge in [-0.25, -0.2) is 4.79 Å². The number of nitrogens with one attached hydrogen (secondary N) is 1. The highest BCUT2D eigenvalue weighted by atomic mass is 16.6. The number of carbonyl (C=O) groups excluding carboxylic acids is 2. The van der Waals surface area contributed by atoms with E-state index < -0.39 is 11.6 Å². The summed E-state index contributed by atoms with van der Waals surface area (Å²) in [6.45, 7) is 3.88. The number of amides is 1. The van der Waals surface area contributed by atoms with Gasteiger partial charge in [-0.05, 0) is 35.4 Å². The number of benzene rings is 3. The molecule has 3 saturated heterocycles. The van der Waals surface area contributed by atoms with Crippen molar-refractivity contribution in [2.24, 2.45) is 5.92 Å². The molecule has 3 aromatic rings. The van der Waals surface area contributed by atoms with Crippen molar-refractivity contribution < 1.29 is 29.0 Å². The average molecular weight is 502 g/mol. The van der Waals surface area contributed by atoms with Gasteiger partial charge >= 0.3 is 5.97 Å². The topological polar surface area (TPSA) is 95.9 Å². The molecule has 6 rings (SSSR count). The SMILES string of the molecule is O=C(NCC[N+]12CCC(CC1)[C@@H](OC(=O)C(O)(c1ccccc1)c1ccccc1)C2)c1ccc(O)cc1. The van der Waals surface area contributed by atoms with E-state index in [0.29, 0.717) is 29.8 Å². The third-order valence-corrected chi connectivity index (χ3v) is 7.98. The van der Waals surface area contributed by atoms with Crippen LogP contribution in [-0.4, -0.2) is 65.4 Å². The highest BCUT2D eigenvalue weighted by molar-refractivity contribution is 5.94. The first-order valence-electron chi connectivity index (χ1n) is 12.9. The molecule has 0 aliphatic carbocycles. The number of quaternary nitrogens is 1. The summed E-state index contributed by atoms with van der Waals surface area (Å²) in [7, 11) is 0. The van der Waals surface area contributed by atoms with Crippen molar-refractivity contribution >= 4 is 11.9 Å². The Morgan fingerprint density at radius 3 is 2.03 bits per heavy atom.